The second kappa shape index (κ2) is 11.5. The van der Waals surface area contributed by atoms with Gasteiger partial charge in [0.25, 0.3) is 0 Å². The van der Waals surface area contributed by atoms with Crippen molar-refractivity contribution in [1.82, 2.24) is 16.0 Å². The summed E-state index contributed by atoms with van der Waals surface area (Å²) in [6.07, 6.45) is 6.54. The van der Waals surface area contributed by atoms with Gasteiger partial charge in [-0.1, -0.05) is 37.0 Å². The average Bonchev–Trinajstić information content (AvgIpc) is 2.70. The molecule has 3 N–H and O–H groups in total. The number of benzene rings is 1. The molecule has 0 unspecified atom stereocenters. The topological polar surface area (TPSA) is 74.8 Å². The molecule has 0 heterocycles. The Labute approximate surface area is 163 Å². The smallest absolute Gasteiger partial charge is 0.223 e. The lowest BCUT2D eigenvalue weighted by atomic mass is 9.89. The van der Waals surface area contributed by atoms with Gasteiger partial charge in [-0.05, 0) is 37.8 Å². The van der Waals surface area contributed by atoms with Crippen molar-refractivity contribution in [3.8, 4) is 5.75 Å². The van der Waals surface area contributed by atoms with Crippen LogP contribution in [0.3, 0.4) is 0 Å². The molecule has 0 aromatic heterocycles. The van der Waals surface area contributed by atoms with Crippen LogP contribution < -0.4 is 20.7 Å². The molecular weight excluding hydrogens is 340 g/mol. The van der Waals surface area contributed by atoms with E-state index in [-0.39, 0.29) is 11.8 Å². The summed E-state index contributed by atoms with van der Waals surface area (Å²) in [6.45, 7) is 4.11. The monoisotopic (exact) mass is 374 g/mol. The number of carbonyl (C=O) groups is 1. The van der Waals surface area contributed by atoms with Crippen molar-refractivity contribution in [2.75, 3.05) is 33.8 Å². The molecule has 0 spiro atoms. The second-order valence-electron chi connectivity index (χ2n) is 7.12. The Morgan fingerprint density at radius 1 is 1.11 bits per heavy atom. The molecule has 1 aromatic carbocycles. The number of amides is 1. The summed E-state index contributed by atoms with van der Waals surface area (Å²) in [6, 6.07) is 6.21. The predicted molar refractivity (Wildman–Crippen MR) is 110 cm³/mol. The molecule has 150 valence electrons. The Bertz CT molecular complexity index is 625. The van der Waals surface area contributed by atoms with Crippen molar-refractivity contribution in [2.24, 2.45) is 10.9 Å². The molecule has 2 rings (SSSR count). The zero-order valence-electron chi connectivity index (χ0n) is 16.9. The van der Waals surface area contributed by atoms with Crippen molar-refractivity contribution in [3.05, 3.63) is 29.3 Å². The zero-order valence-corrected chi connectivity index (χ0v) is 16.9. The van der Waals surface area contributed by atoms with E-state index in [1.54, 1.807) is 14.2 Å². The lowest BCUT2D eigenvalue weighted by Gasteiger charge is -2.21. The van der Waals surface area contributed by atoms with Crippen molar-refractivity contribution in [2.45, 2.75) is 45.4 Å². The first-order valence-electron chi connectivity index (χ1n) is 9.99. The molecule has 6 heteroatoms. The fraction of sp³-hybridized carbons (Fsp3) is 0.619. The third kappa shape index (κ3) is 7.12. The molecule has 0 radical (unpaired) electrons. The van der Waals surface area contributed by atoms with E-state index in [1.807, 2.05) is 6.07 Å². The molecule has 0 atom stereocenters. The number of aliphatic imine (C=N–C) groups is 1. The van der Waals surface area contributed by atoms with E-state index in [9.17, 15) is 4.79 Å². The van der Waals surface area contributed by atoms with Crippen LogP contribution in [0, 0.1) is 12.8 Å². The number of nitrogens with one attached hydrogen (secondary N) is 3. The minimum atomic E-state index is 0.200. The zero-order chi connectivity index (χ0) is 19.5. The van der Waals surface area contributed by atoms with Crippen molar-refractivity contribution >= 4 is 11.9 Å². The number of aryl methyl sites for hydroxylation is 1. The summed E-state index contributed by atoms with van der Waals surface area (Å²) in [5.74, 6) is 2.07. The highest BCUT2D eigenvalue weighted by Gasteiger charge is 2.20. The van der Waals surface area contributed by atoms with E-state index >= 15 is 0 Å². The molecule has 1 aromatic rings. The molecule has 1 amide bonds. The molecule has 1 aliphatic carbocycles. The number of rotatable bonds is 8. The normalized spacial score (nSPS) is 15.3. The summed E-state index contributed by atoms with van der Waals surface area (Å²) in [5, 5.41) is 9.59. The molecule has 0 aliphatic heterocycles. The van der Waals surface area contributed by atoms with E-state index in [0.29, 0.717) is 13.1 Å². The Kier molecular flexibility index (Phi) is 8.95. The molecule has 6 nitrogen and oxygen atoms in total. The molecule has 0 bridgehead atoms. The van der Waals surface area contributed by atoms with Gasteiger partial charge in [-0.25, -0.2) is 0 Å². The largest absolute Gasteiger partial charge is 0.496 e. The van der Waals surface area contributed by atoms with E-state index in [4.69, 9.17) is 4.74 Å². The summed E-state index contributed by atoms with van der Waals surface area (Å²) < 4.78 is 5.42. The Hall–Kier alpha value is -2.24. The van der Waals surface area contributed by atoms with Crippen LogP contribution in [0.2, 0.25) is 0 Å². The number of nitrogens with zero attached hydrogens (tertiary/aromatic N) is 1. The number of carbonyl (C=O) groups excluding carboxylic acids is 1. The molecular formula is C21H34N4O2. The van der Waals surface area contributed by atoms with E-state index in [0.717, 1.165) is 37.5 Å². The molecule has 27 heavy (non-hydrogen) atoms. The first-order valence-corrected chi connectivity index (χ1v) is 9.99. The van der Waals surface area contributed by atoms with Crippen LogP contribution in [0.1, 0.15) is 43.2 Å². The van der Waals surface area contributed by atoms with E-state index < -0.39 is 0 Å². The lowest BCUT2D eigenvalue weighted by Crippen LogP contribution is -2.43. The van der Waals surface area contributed by atoms with E-state index in [2.05, 4.69) is 40.0 Å². The molecule has 0 saturated heterocycles. The minimum absolute atomic E-state index is 0.200. The maximum absolute atomic E-state index is 12.1. The van der Waals surface area contributed by atoms with Gasteiger partial charge in [-0.15, -0.1) is 0 Å². The number of hydrogen-bond donors (Lipinski definition) is 3. The van der Waals surface area contributed by atoms with Gasteiger partial charge < -0.3 is 20.7 Å². The molecule has 1 fully saturated rings. The Balaban J connectivity index is 1.66. The standard InChI is InChI=1S/C21H34N4O2/c1-16-9-10-19(27-3)18(15-16)11-12-24-21(22-2)25-14-13-23-20(26)17-7-5-4-6-8-17/h9-10,15,17H,4-8,11-14H2,1-3H3,(H,23,26)(H2,22,24,25). The highest BCUT2D eigenvalue weighted by molar-refractivity contribution is 5.80. The predicted octanol–water partition coefficient (Wildman–Crippen LogP) is 2.41. The van der Waals surface area contributed by atoms with Gasteiger partial charge in [0.05, 0.1) is 7.11 Å². The highest BCUT2D eigenvalue weighted by atomic mass is 16.5. The average molecular weight is 375 g/mol. The van der Waals surface area contributed by atoms with Gasteiger partial charge in [0.2, 0.25) is 5.91 Å². The van der Waals surface area contributed by atoms with Gasteiger partial charge >= 0.3 is 0 Å². The molecule has 1 saturated carbocycles. The maximum atomic E-state index is 12.1. The van der Waals surface area contributed by atoms with Crippen LogP contribution in [0.5, 0.6) is 5.75 Å². The fourth-order valence-corrected chi connectivity index (χ4v) is 3.51. The molecule has 1 aliphatic rings. The third-order valence-corrected chi connectivity index (χ3v) is 5.04. The van der Waals surface area contributed by atoms with Crippen LogP contribution in [0.25, 0.3) is 0 Å². The number of hydrogen-bond acceptors (Lipinski definition) is 3. The van der Waals surface area contributed by atoms with Gasteiger partial charge in [0.1, 0.15) is 5.75 Å². The van der Waals surface area contributed by atoms with E-state index in [1.165, 1.54) is 30.4 Å². The fourth-order valence-electron chi connectivity index (χ4n) is 3.51. The van der Waals surface area contributed by atoms with Crippen molar-refractivity contribution in [3.63, 3.8) is 0 Å². The highest BCUT2D eigenvalue weighted by Crippen LogP contribution is 2.23. The lowest BCUT2D eigenvalue weighted by molar-refractivity contribution is -0.125. The van der Waals surface area contributed by atoms with Gasteiger partial charge in [0.15, 0.2) is 5.96 Å². The van der Waals surface area contributed by atoms with Gasteiger partial charge in [0, 0.05) is 32.6 Å². The SMILES string of the molecule is CN=C(NCCNC(=O)C1CCCCC1)NCCc1cc(C)ccc1OC. The van der Waals surface area contributed by atoms with Crippen LogP contribution >= 0.6 is 0 Å². The van der Waals surface area contributed by atoms with Crippen molar-refractivity contribution in [1.29, 1.82) is 0 Å². The van der Waals surface area contributed by atoms with Gasteiger partial charge in [-0.2, -0.15) is 0 Å². The summed E-state index contributed by atoms with van der Waals surface area (Å²) in [4.78, 5) is 16.4. The maximum Gasteiger partial charge on any atom is 0.223 e. The summed E-state index contributed by atoms with van der Waals surface area (Å²) in [7, 11) is 3.45. The first-order chi connectivity index (χ1) is 13.1. The Morgan fingerprint density at radius 3 is 2.52 bits per heavy atom. The van der Waals surface area contributed by atoms with Crippen molar-refractivity contribution < 1.29 is 9.53 Å². The first kappa shape index (κ1) is 21.1. The summed E-state index contributed by atoms with van der Waals surface area (Å²) >= 11 is 0. The van der Waals surface area contributed by atoms with Crippen LogP contribution in [0.4, 0.5) is 0 Å². The summed E-state index contributed by atoms with van der Waals surface area (Å²) in [5.41, 5.74) is 2.40. The van der Waals surface area contributed by atoms with Crippen LogP contribution in [0.15, 0.2) is 23.2 Å². The number of guanidine groups is 1. The number of methoxy groups -OCH3 is 1. The quantitative estimate of drug-likeness (QED) is 0.371. The second-order valence-corrected chi connectivity index (χ2v) is 7.12. The third-order valence-electron chi connectivity index (χ3n) is 5.04. The van der Waals surface area contributed by atoms with Gasteiger partial charge in [-0.3, -0.25) is 9.79 Å². The number of ether oxygens (including phenoxy) is 1. The minimum Gasteiger partial charge on any atom is -0.496 e. The van der Waals surface area contributed by atoms with Crippen LogP contribution in [-0.2, 0) is 11.2 Å². The van der Waals surface area contributed by atoms with Crippen LogP contribution in [-0.4, -0.2) is 45.7 Å². The Morgan fingerprint density at radius 2 is 1.81 bits per heavy atom.